The zero-order chi connectivity index (χ0) is 16.2. The van der Waals surface area contributed by atoms with Crippen molar-refractivity contribution in [2.75, 3.05) is 13.1 Å². The van der Waals surface area contributed by atoms with Crippen molar-refractivity contribution in [3.63, 3.8) is 0 Å². The molecule has 1 amide bonds. The normalized spacial score (nSPS) is 30.7. The van der Waals surface area contributed by atoms with E-state index in [1.165, 1.54) is 6.42 Å². The van der Waals surface area contributed by atoms with Gasteiger partial charge < -0.3 is 20.1 Å². The maximum atomic E-state index is 12.2. The molecule has 5 heteroatoms. The van der Waals surface area contributed by atoms with Gasteiger partial charge in [0.15, 0.2) is 0 Å². The maximum absolute atomic E-state index is 12.2. The predicted octanol–water partition coefficient (Wildman–Crippen LogP) is 2.67. The number of carbonyl (C=O) groups excluding carboxylic acids is 1. The van der Waals surface area contributed by atoms with Crippen LogP contribution in [0.25, 0.3) is 0 Å². The molecule has 0 aromatic carbocycles. The summed E-state index contributed by atoms with van der Waals surface area (Å²) in [5, 5.41) is 13.7. The highest BCUT2D eigenvalue weighted by atomic mass is 16.6. The number of hydrogen-bond acceptors (Lipinski definition) is 4. The fraction of sp³-hybridized carbons (Fsp3) is 0.941. The zero-order valence-electron chi connectivity index (χ0n) is 14.3. The van der Waals surface area contributed by atoms with Gasteiger partial charge in [0.25, 0.3) is 0 Å². The largest absolute Gasteiger partial charge is 0.444 e. The topological polar surface area (TPSA) is 61.8 Å². The first-order valence-corrected chi connectivity index (χ1v) is 8.77. The molecule has 128 valence electrons. The Bertz CT molecular complexity index is 367. The fourth-order valence-electron chi connectivity index (χ4n) is 3.38. The Balaban J connectivity index is 1.80. The average Bonchev–Trinajstić information content (AvgIpc) is 2.65. The van der Waals surface area contributed by atoms with Gasteiger partial charge in [-0.3, -0.25) is 0 Å². The highest BCUT2D eigenvalue weighted by molar-refractivity contribution is 5.68. The summed E-state index contributed by atoms with van der Waals surface area (Å²) in [5.74, 6) is 0. The highest BCUT2D eigenvalue weighted by Gasteiger charge is 2.28. The van der Waals surface area contributed by atoms with E-state index < -0.39 is 5.60 Å². The molecular formula is C17H32N2O3. The molecule has 1 aliphatic carbocycles. The molecule has 0 spiro atoms. The van der Waals surface area contributed by atoms with E-state index in [0.29, 0.717) is 6.04 Å². The second kappa shape index (κ2) is 7.64. The van der Waals surface area contributed by atoms with Crippen LogP contribution < -0.4 is 5.32 Å². The van der Waals surface area contributed by atoms with Crippen molar-refractivity contribution in [3.8, 4) is 0 Å². The summed E-state index contributed by atoms with van der Waals surface area (Å²) in [4.78, 5) is 14.0. The fourth-order valence-corrected chi connectivity index (χ4v) is 3.38. The minimum atomic E-state index is -0.437. The molecule has 0 aromatic heterocycles. The molecule has 1 saturated carbocycles. The molecule has 2 rings (SSSR count). The minimum Gasteiger partial charge on any atom is -0.444 e. The molecule has 3 unspecified atom stereocenters. The first kappa shape index (κ1) is 17.5. The summed E-state index contributed by atoms with van der Waals surface area (Å²) < 4.78 is 5.46. The Hall–Kier alpha value is -0.810. The van der Waals surface area contributed by atoms with Crippen LogP contribution in [0.1, 0.15) is 65.7 Å². The summed E-state index contributed by atoms with van der Waals surface area (Å²) in [7, 11) is 0. The van der Waals surface area contributed by atoms with Crippen LogP contribution in [-0.4, -0.2) is 53.0 Å². The van der Waals surface area contributed by atoms with Gasteiger partial charge >= 0.3 is 6.09 Å². The van der Waals surface area contributed by atoms with E-state index >= 15 is 0 Å². The highest BCUT2D eigenvalue weighted by Crippen LogP contribution is 2.21. The van der Waals surface area contributed by atoms with Crippen LogP contribution >= 0.6 is 0 Å². The van der Waals surface area contributed by atoms with Crippen molar-refractivity contribution >= 4 is 6.09 Å². The van der Waals surface area contributed by atoms with Crippen LogP contribution in [-0.2, 0) is 4.74 Å². The molecule has 5 nitrogen and oxygen atoms in total. The Morgan fingerprint density at radius 3 is 2.50 bits per heavy atom. The number of likely N-dealkylation sites (tertiary alicyclic amines) is 1. The van der Waals surface area contributed by atoms with Crippen molar-refractivity contribution in [2.24, 2.45) is 0 Å². The maximum Gasteiger partial charge on any atom is 0.410 e. The van der Waals surface area contributed by atoms with E-state index in [0.717, 1.165) is 51.6 Å². The van der Waals surface area contributed by atoms with Gasteiger partial charge in [-0.1, -0.05) is 12.8 Å². The van der Waals surface area contributed by atoms with Gasteiger partial charge in [0.1, 0.15) is 5.60 Å². The van der Waals surface area contributed by atoms with Crippen LogP contribution in [0.15, 0.2) is 0 Å². The summed E-state index contributed by atoms with van der Waals surface area (Å²) >= 11 is 0. The van der Waals surface area contributed by atoms with E-state index in [2.05, 4.69) is 5.32 Å². The number of aliphatic hydroxyl groups is 1. The Labute approximate surface area is 134 Å². The number of rotatable bonds is 2. The first-order chi connectivity index (χ1) is 10.3. The zero-order valence-corrected chi connectivity index (χ0v) is 14.3. The number of nitrogens with zero attached hydrogens (tertiary/aromatic N) is 1. The molecule has 0 bridgehead atoms. The lowest BCUT2D eigenvalue weighted by Crippen LogP contribution is -2.47. The molecule has 0 radical (unpaired) electrons. The quantitative estimate of drug-likeness (QED) is 0.823. The van der Waals surface area contributed by atoms with Gasteiger partial charge in [0.2, 0.25) is 0 Å². The van der Waals surface area contributed by atoms with Crippen molar-refractivity contribution in [1.29, 1.82) is 0 Å². The van der Waals surface area contributed by atoms with Gasteiger partial charge in [-0.2, -0.15) is 0 Å². The number of amides is 1. The monoisotopic (exact) mass is 312 g/mol. The second-order valence-electron chi connectivity index (χ2n) is 7.72. The van der Waals surface area contributed by atoms with Crippen molar-refractivity contribution < 1.29 is 14.6 Å². The molecule has 1 aliphatic heterocycles. The standard InChI is InChI=1S/C17H32N2O3/c1-17(2,3)22-16(21)19-11-6-7-13(10-12-19)18-14-8-4-5-9-15(14)20/h13-15,18,20H,4-12H2,1-3H3. The van der Waals surface area contributed by atoms with E-state index in [1.54, 1.807) is 0 Å². The molecule has 1 heterocycles. The van der Waals surface area contributed by atoms with Crippen LogP contribution in [0.3, 0.4) is 0 Å². The molecule has 0 aromatic rings. The number of hydrogen-bond donors (Lipinski definition) is 2. The summed E-state index contributed by atoms with van der Waals surface area (Å²) in [5.41, 5.74) is -0.437. The summed E-state index contributed by atoms with van der Waals surface area (Å²) in [6, 6.07) is 0.622. The predicted molar refractivity (Wildman–Crippen MR) is 86.8 cm³/mol. The molecule has 2 fully saturated rings. The molecule has 1 saturated heterocycles. The molecule has 3 atom stereocenters. The lowest BCUT2D eigenvalue weighted by Gasteiger charge is -2.32. The van der Waals surface area contributed by atoms with Crippen LogP contribution in [0.4, 0.5) is 4.79 Å². The second-order valence-corrected chi connectivity index (χ2v) is 7.72. The van der Waals surface area contributed by atoms with Gasteiger partial charge in [-0.15, -0.1) is 0 Å². The van der Waals surface area contributed by atoms with Gasteiger partial charge in [0, 0.05) is 25.2 Å². The number of ether oxygens (including phenoxy) is 1. The third-order valence-electron chi connectivity index (χ3n) is 4.56. The Morgan fingerprint density at radius 2 is 1.82 bits per heavy atom. The summed E-state index contributed by atoms with van der Waals surface area (Å²) in [6.07, 6.45) is 6.87. The Kier molecular flexibility index (Phi) is 6.09. The lowest BCUT2D eigenvalue weighted by atomic mass is 9.91. The van der Waals surface area contributed by atoms with E-state index in [4.69, 9.17) is 4.74 Å². The average molecular weight is 312 g/mol. The van der Waals surface area contributed by atoms with E-state index in [9.17, 15) is 9.90 Å². The van der Waals surface area contributed by atoms with Crippen LogP contribution in [0, 0.1) is 0 Å². The smallest absolute Gasteiger partial charge is 0.410 e. The third-order valence-corrected chi connectivity index (χ3v) is 4.56. The van der Waals surface area contributed by atoms with E-state index in [-0.39, 0.29) is 18.2 Å². The van der Waals surface area contributed by atoms with Crippen LogP contribution in [0.5, 0.6) is 0 Å². The molecule has 22 heavy (non-hydrogen) atoms. The molecule has 2 N–H and O–H groups in total. The lowest BCUT2D eigenvalue weighted by molar-refractivity contribution is 0.0254. The van der Waals surface area contributed by atoms with Crippen molar-refractivity contribution in [2.45, 2.75) is 89.5 Å². The van der Waals surface area contributed by atoms with Crippen molar-refractivity contribution in [3.05, 3.63) is 0 Å². The van der Waals surface area contributed by atoms with Crippen LogP contribution in [0.2, 0.25) is 0 Å². The van der Waals surface area contributed by atoms with Gasteiger partial charge in [-0.25, -0.2) is 4.79 Å². The Morgan fingerprint density at radius 1 is 1.09 bits per heavy atom. The van der Waals surface area contributed by atoms with Crippen molar-refractivity contribution in [1.82, 2.24) is 10.2 Å². The number of carbonyl (C=O) groups is 1. The first-order valence-electron chi connectivity index (χ1n) is 8.77. The SMILES string of the molecule is CC(C)(C)OC(=O)N1CCCC(NC2CCCCC2O)CC1. The number of nitrogens with one attached hydrogen (secondary N) is 1. The summed E-state index contributed by atoms with van der Waals surface area (Å²) in [6.45, 7) is 7.20. The minimum absolute atomic E-state index is 0.203. The molecule has 2 aliphatic rings. The van der Waals surface area contributed by atoms with Gasteiger partial charge in [0.05, 0.1) is 6.10 Å². The van der Waals surface area contributed by atoms with Gasteiger partial charge in [-0.05, 0) is 52.9 Å². The molecular weight excluding hydrogens is 280 g/mol. The number of aliphatic hydroxyl groups excluding tert-OH is 1. The van der Waals surface area contributed by atoms with E-state index in [1.807, 2.05) is 25.7 Å². The third kappa shape index (κ3) is 5.43.